The van der Waals surface area contributed by atoms with E-state index in [1.165, 1.54) is 17.8 Å². The van der Waals surface area contributed by atoms with Crippen LogP contribution >= 0.6 is 11.8 Å². The van der Waals surface area contributed by atoms with Crippen molar-refractivity contribution >= 4 is 34.5 Å². The number of carbonyl (C=O) groups excluding carboxylic acids is 3. The SMILES string of the molecule is CCC(=O)Cn1ccc(C=C2CN(C(C(=O)C3CC3)c3ccccc3F)CCC2SC(C)=O)n1. The smallest absolute Gasteiger partial charge is 0.186 e. The normalized spacial score (nSPS) is 20.9. The van der Waals surface area contributed by atoms with Crippen molar-refractivity contribution in [3.8, 4) is 0 Å². The minimum atomic E-state index is -0.639. The number of likely N-dealkylation sites (tertiary alicyclic amines) is 1. The van der Waals surface area contributed by atoms with Gasteiger partial charge in [0, 0.05) is 49.4 Å². The number of hydrogen-bond donors (Lipinski definition) is 0. The van der Waals surface area contributed by atoms with Gasteiger partial charge < -0.3 is 0 Å². The minimum absolute atomic E-state index is 0.00634. The van der Waals surface area contributed by atoms with E-state index in [1.54, 1.807) is 36.0 Å². The maximum Gasteiger partial charge on any atom is 0.186 e. The Labute approximate surface area is 203 Å². The number of benzene rings is 1. The summed E-state index contributed by atoms with van der Waals surface area (Å²) >= 11 is 1.28. The molecule has 34 heavy (non-hydrogen) atoms. The van der Waals surface area contributed by atoms with Crippen LogP contribution in [0.15, 0.2) is 42.1 Å². The van der Waals surface area contributed by atoms with Gasteiger partial charge in [0.15, 0.2) is 16.7 Å². The Morgan fingerprint density at radius 1 is 1.21 bits per heavy atom. The third kappa shape index (κ3) is 5.91. The third-order valence-electron chi connectivity index (χ3n) is 6.33. The average Bonchev–Trinajstić information content (AvgIpc) is 3.57. The number of hydrogen-bond acceptors (Lipinski definition) is 6. The fraction of sp³-hybridized carbons (Fsp3) is 0.462. The van der Waals surface area contributed by atoms with Gasteiger partial charge in [-0.2, -0.15) is 5.10 Å². The van der Waals surface area contributed by atoms with Crippen LogP contribution in [-0.4, -0.2) is 49.7 Å². The molecule has 1 aliphatic carbocycles. The molecule has 1 saturated heterocycles. The molecule has 1 aliphatic heterocycles. The van der Waals surface area contributed by atoms with Gasteiger partial charge >= 0.3 is 0 Å². The van der Waals surface area contributed by atoms with E-state index in [0.29, 0.717) is 37.2 Å². The molecule has 0 spiro atoms. The number of aromatic nitrogens is 2. The lowest BCUT2D eigenvalue weighted by atomic mass is 9.93. The fourth-order valence-corrected chi connectivity index (χ4v) is 5.34. The Kier molecular flexibility index (Phi) is 7.78. The summed E-state index contributed by atoms with van der Waals surface area (Å²) in [5.74, 6) is -0.202. The molecule has 6 nitrogen and oxygen atoms in total. The number of Topliss-reactive ketones (excluding diaryl/α,β-unsaturated/α-hetero) is 2. The molecule has 2 aromatic rings. The van der Waals surface area contributed by atoms with E-state index in [2.05, 4.69) is 5.10 Å². The second kappa shape index (κ2) is 10.8. The predicted molar refractivity (Wildman–Crippen MR) is 131 cm³/mol. The van der Waals surface area contributed by atoms with E-state index in [1.807, 2.05) is 24.0 Å². The van der Waals surface area contributed by atoms with Gasteiger partial charge in [-0.3, -0.25) is 24.0 Å². The second-order valence-corrected chi connectivity index (χ2v) is 10.4. The molecule has 2 atom stereocenters. The van der Waals surface area contributed by atoms with Crippen LogP contribution in [0.1, 0.15) is 56.8 Å². The van der Waals surface area contributed by atoms with Gasteiger partial charge in [0.05, 0.1) is 18.3 Å². The van der Waals surface area contributed by atoms with Crippen LogP contribution in [0.5, 0.6) is 0 Å². The van der Waals surface area contributed by atoms with E-state index < -0.39 is 6.04 Å². The van der Waals surface area contributed by atoms with Crippen molar-refractivity contribution in [3.05, 3.63) is 59.2 Å². The summed E-state index contributed by atoms with van der Waals surface area (Å²) in [5.41, 5.74) is 2.09. The van der Waals surface area contributed by atoms with Crippen LogP contribution in [0.3, 0.4) is 0 Å². The molecule has 1 saturated carbocycles. The molecular weight excluding hydrogens is 453 g/mol. The number of ketones is 2. The summed E-state index contributed by atoms with van der Waals surface area (Å²) in [6.45, 7) is 4.65. The predicted octanol–water partition coefficient (Wildman–Crippen LogP) is 4.46. The highest BCUT2D eigenvalue weighted by molar-refractivity contribution is 8.14. The van der Waals surface area contributed by atoms with Gasteiger partial charge in [-0.1, -0.05) is 36.9 Å². The summed E-state index contributed by atoms with van der Waals surface area (Å²) < 4.78 is 16.4. The van der Waals surface area contributed by atoms with Gasteiger partial charge in [-0.05, 0) is 43.0 Å². The van der Waals surface area contributed by atoms with Crippen molar-refractivity contribution in [2.75, 3.05) is 13.1 Å². The number of thioether (sulfide) groups is 1. The zero-order valence-corrected chi connectivity index (χ0v) is 20.4. The molecule has 0 radical (unpaired) electrons. The third-order valence-corrected chi connectivity index (χ3v) is 7.48. The summed E-state index contributed by atoms with van der Waals surface area (Å²) in [6.07, 6.45) is 6.56. The topological polar surface area (TPSA) is 72.3 Å². The monoisotopic (exact) mass is 483 g/mol. The van der Waals surface area contributed by atoms with Gasteiger partial charge in [0.2, 0.25) is 0 Å². The molecule has 0 N–H and O–H groups in total. The van der Waals surface area contributed by atoms with E-state index in [4.69, 9.17) is 0 Å². The first-order valence-electron chi connectivity index (χ1n) is 11.8. The first-order chi connectivity index (χ1) is 16.4. The van der Waals surface area contributed by atoms with Crippen LogP contribution in [0, 0.1) is 11.7 Å². The Bertz CT molecular complexity index is 1110. The van der Waals surface area contributed by atoms with Crippen molar-refractivity contribution < 1.29 is 18.8 Å². The summed E-state index contributed by atoms with van der Waals surface area (Å²) in [4.78, 5) is 39.0. The zero-order valence-electron chi connectivity index (χ0n) is 19.6. The molecule has 1 aromatic carbocycles. The number of halogens is 1. The molecule has 0 amide bonds. The summed E-state index contributed by atoms with van der Waals surface area (Å²) in [5, 5.41) is 4.50. The molecular formula is C26H30FN3O3S. The van der Waals surface area contributed by atoms with E-state index in [-0.39, 0.29) is 40.2 Å². The zero-order chi connectivity index (χ0) is 24.2. The summed E-state index contributed by atoms with van der Waals surface area (Å²) in [6, 6.07) is 7.71. The largest absolute Gasteiger partial charge is 0.298 e. The lowest BCUT2D eigenvalue weighted by Crippen LogP contribution is -2.43. The van der Waals surface area contributed by atoms with Crippen molar-refractivity contribution in [3.63, 3.8) is 0 Å². The van der Waals surface area contributed by atoms with Crippen molar-refractivity contribution in [2.45, 2.75) is 57.4 Å². The standard InChI is InChI=1S/C26H30FN3O3S/c1-3-21(32)16-30-13-10-20(28-30)14-19-15-29(12-11-24(19)34-17(2)31)25(26(33)18-8-9-18)22-6-4-5-7-23(22)27/h4-7,10,13-14,18,24-25H,3,8-9,11-12,15-16H2,1-2H3. The quantitative estimate of drug-likeness (QED) is 0.524. The molecule has 180 valence electrons. The number of carbonyl (C=O) groups is 3. The molecule has 8 heteroatoms. The first kappa shape index (κ1) is 24.5. The van der Waals surface area contributed by atoms with Crippen LogP contribution in [0.4, 0.5) is 4.39 Å². The molecule has 2 fully saturated rings. The van der Waals surface area contributed by atoms with E-state index in [9.17, 15) is 18.8 Å². The van der Waals surface area contributed by atoms with Crippen LogP contribution < -0.4 is 0 Å². The van der Waals surface area contributed by atoms with Crippen molar-refractivity contribution in [2.24, 2.45) is 5.92 Å². The number of nitrogens with zero attached hydrogens (tertiary/aromatic N) is 3. The highest BCUT2D eigenvalue weighted by atomic mass is 32.2. The van der Waals surface area contributed by atoms with Gasteiger partial charge in [0.25, 0.3) is 0 Å². The Morgan fingerprint density at radius 2 is 1.97 bits per heavy atom. The van der Waals surface area contributed by atoms with E-state index >= 15 is 0 Å². The summed E-state index contributed by atoms with van der Waals surface area (Å²) in [7, 11) is 0. The Hall–Kier alpha value is -2.58. The first-order valence-corrected chi connectivity index (χ1v) is 12.7. The van der Waals surface area contributed by atoms with Crippen molar-refractivity contribution in [1.29, 1.82) is 0 Å². The lowest BCUT2D eigenvalue weighted by Gasteiger charge is -2.38. The molecule has 1 aromatic heterocycles. The number of piperidine rings is 1. The maximum absolute atomic E-state index is 14.8. The van der Waals surface area contributed by atoms with Crippen LogP contribution in [0.25, 0.3) is 6.08 Å². The number of rotatable bonds is 9. The molecule has 2 unspecified atom stereocenters. The Morgan fingerprint density at radius 3 is 2.65 bits per heavy atom. The average molecular weight is 484 g/mol. The fourth-order valence-electron chi connectivity index (χ4n) is 4.42. The highest BCUT2D eigenvalue weighted by Crippen LogP contribution is 2.40. The van der Waals surface area contributed by atoms with Gasteiger partial charge in [-0.25, -0.2) is 4.39 Å². The molecule has 0 bridgehead atoms. The van der Waals surface area contributed by atoms with Gasteiger partial charge in [-0.15, -0.1) is 0 Å². The lowest BCUT2D eigenvalue weighted by molar-refractivity contribution is -0.126. The van der Waals surface area contributed by atoms with Crippen LogP contribution in [0.2, 0.25) is 0 Å². The second-order valence-electron chi connectivity index (χ2n) is 9.01. The van der Waals surface area contributed by atoms with Crippen LogP contribution in [-0.2, 0) is 20.9 Å². The molecule has 2 aliphatic rings. The Balaban J connectivity index is 1.63. The van der Waals surface area contributed by atoms with E-state index in [0.717, 1.165) is 18.4 Å². The molecule has 4 rings (SSSR count). The maximum atomic E-state index is 14.8. The van der Waals surface area contributed by atoms with Crippen molar-refractivity contribution in [1.82, 2.24) is 14.7 Å². The molecule has 2 heterocycles. The van der Waals surface area contributed by atoms with Gasteiger partial charge in [0.1, 0.15) is 5.82 Å². The highest BCUT2D eigenvalue weighted by Gasteiger charge is 2.41. The minimum Gasteiger partial charge on any atom is -0.298 e.